The van der Waals surface area contributed by atoms with Gasteiger partial charge in [0.2, 0.25) is 0 Å². The van der Waals surface area contributed by atoms with Crippen LogP contribution in [0.2, 0.25) is 0 Å². The third-order valence-corrected chi connectivity index (χ3v) is 5.01. The molecule has 0 aliphatic heterocycles. The summed E-state index contributed by atoms with van der Waals surface area (Å²) in [6, 6.07) is 2.38. The number of nitrogens with zero attached hydrogens (tertiary/aromatic N) is 3. The number of esters is 1. The number of aromatic nitrogens is 3. The van der Waals surface area contributed by atoms with Crippen molar-refractivity contribution in [1.82, 2.24) is 19.4 Å². The number of carbonyl (C=O) groups excluding carboxylic acids is 2. The molecule has 0 fully saturated rings. The second kappa shape index (κ2) is 10.7. The van der Waals surface area contributed by atoms with E-state index in [9.17, 15) is 19.2 Å². The summed E-state index contributed by atoms with van der Waals surface area (Å²) in [6.45, 7) is 10.9. The van der Waals surface area contributed by atoms with Gasteiger partial charge in [-0.05, 0) is 45.2 Å². The lowest BCUT2D eigenvalue weighted by molar-refractivity contribution is -0.147. The molecule has 0 radical (unpaired) electrons. The van der Waals surface area contributed by atoms with E-state index in [0.717, 1.165) is 4.57 Å². The summed E-state index contributed by atoms with van der Waals surface area (Å²) in [7, 11) is 3.00. The van der Waals surface area contributed by atoms with Gasteiger partial charge >= 0.3 is 17.8 Å². The summed E-state index contributed by atoms with van der Waals surface area (Å²) in [5.41, 5.74) is 0.272. The maximum Gasteiger partial charge on any atom is 0.408 e. The first-order chi connectivity index (χ1) is 15.7. The average molecular weight is 475 g/mol. The van der Waals surface area contributed by atoms with Crippen LogP contribution in [0.3, 0.4) is 0 Å². The van der Waals surface area contributed by atoms with Crippen LogP contribution in [-0.2, 0) is 34.8 Å². The third-order valence-electron chi connectivity index (χ3n) is 5.01. The zero-order chi connectivity index (χ0) is 25.8. The molecule has 0 saturated heterocycles. The molecule has 186 valence electrons. The lowest BCUT2D eigenvalue weighted by Gasteiger charge is -2.23. The van der Waals surface area contributed by atoms with Crippen LogP contribution in [0.25, 0.3) is 11.3 Å². The number of nitrogens with one attached hydrogen (secondary N) is 1. The van der Waals surface area contributed by atoms with Gasteiger partial charge in [-0.15, -0.1) is 0 Å². The van der Waals surface area contributed by atoms with Crippen molar-refractivity contribution in [2.24, 2.45) is 20.0 Å². The predicted molar refractivity (Wildman–Crippen MR) is 128 cm³/mol. The van der Waals surface area contributed by atoms with Crippen LogP contribution >= 0.6 is 0 Å². The highest BCUT2D eigenvalue weighted by molar-refractivity contribution is 5.81. The van der Waals surface area contributed by atoms with Crippen LogP contribution in [0.15, 0.2) is 27.9 Å². The number of hydrogen-bond donors (Lipinski definition) is 1. The minimum atomic E-state index is -0.978. The molecular weight excluding hydrogens is 440 g/mol. The van der Waals surface area contributed by atoms with Gasteiger partial charge in [0.1, 0.15) is 11.6 Å². The van der Waals surface area contributed by atoms with Gasteiger partial charge in [0.05, 0.1) is 17.9 Å². The summed E-state index contributed by atoms with van der Waals surface area (Å²) >= 11 is 0. The first-order valence-electron chi connectivity index (χ1n) is 11.1. The van der Waals surface area contributed by atoms with Gasteiger partial charge in [-0.25, -0.2) is 14.4 Å². The molecule has 0 spiro atoms. The van der Waals surface area contributed by atoms with E-state index < -0.39 is 35.0 Å². The maximum atomic E-state index is 12.7. The van der Waals surface area contributed by atoms with Crippen molar-refractivity contribution in [3.63, 3.8) is 0 Å². The average Bonchev–Trinajstić information content (AvgIpc) is 2.74. The first kappa shape index (κ1) is 26.8. The normalized spacial score (nSPS) is 12.4. The van der Waals surface area contributed by atoms with Crippen LogP contribution in [-0.4, -0.2) is 44.4 Å². The molecule has 0 aromatic carbocycles. The Kier molecular flexibility index (Phi) is 8.41. The van der Waals surface area contributed by atoms with Crippen molar-refractivity contribution in [2.75, 3.05) is 6.61 Å². The fraction of sp³-hybridized carbons (Fsp3) is 0.542. The van der Waals surface area contributed by atoms with E-state index in [-0.39, 0.29) is 18.9 Å². The smallest absolute Gasteiger partial charge is 0.408 e. The van der Waals surface area contributed by atoms with Crippen LogP contribution in [0, 0.1) is 12.8 Å². The van der Waals surface area contributed by atoms with E-state index in [1.165, 1.54) is 17.8 Å². The van der Waals surface area contributed by atoms with E-state index in [1.807, 2.05) is 13.8 Å². The standard InChI is InChI=1S/C24H34N4O6/c1-14(2)13-33-21(30)18(26-22(31)34-24(4,5)6)11-16-9-10-17(25-12-16)19-15(3)27(7)23(32)28(8)20(19)29/h9-10,12,14,18H,11,13H2,1-8H3,(H,26,31)/t18-/m0/s1. The molecule has 1 amide bonds. The van der Waals surface area contributed by atoms with Gasteiger partial charge in [0.25, 0.3) is 5.56 Å². The Hall–Kier alpha value is -3.43. The maximum absolute atomic E-state index is 12.7. The van der Waals surface area contributed by atoms with Gasteiger partial charge in [0.15, 0.2) is 0 Å². The Labute approximate surface area is 198 Å². The highest BCUT2D eigenvalue weighted by Gasteiger charge is 2.26. The molecular formula is C24H34N4O6. The molecule has 10 nitrogen and oxygen atoms in total. The van der Waals surface area contributed by atoms with E-state index in [4.69, 9.17) is 9.47 Å². The quantitative estimate of drug-likeness (QED) is 0.610. The van der Waals surface area contributed by atoms with Gasteiger partial charge < -0.3 is 19.4 Å². The Bertz CT molecular complexity index is 1160. The van der Waals surface area contributed by atoms with Crippen LogP contribution in [0.5, 0.6) is 0 Å². The molecule has 1 N–H and O–H groups in total. The minimum absolute atomic E-state index is 0.119. The lowest BCUT2D eigenvalue weighted by atomic mass is 10.1. The number of carbonyl (C=O) groups is 2. The summed E-state index contributed by atoms with van der Waals surface area (Å²) in [6.07, 6.45) is 0.917. The molecule has 0 aliphatic rings. The third kappa shape index (κ3) is 6.79. The summed E-state index contributed by atoms with van der Waals surface area (Å²) < 4.78 is 13.0. The number of hydrogen-bond acceptors (Lipinski definition) is 7. The summed E-state index contributed by atoms with van der Waals surface area (Å²) in [4.78, 5) is 54.1. The monoisotopic (exact) mass is 474 g/mol. The van der Waals surface area contributed by atoms with Crippen LogP contribution < -0.4 is 16.6 Å². The molecule has 1 atom stereocenters. The molecule has 2 heterocycles. The highest BCUT2D eigenvalue weighted by atomic mass is 16.6. The van der Waals surface area contributed by atoms with Gasteiger partial charge in [-0.2, -0.15) is 0 Å². The molecule has 2 aromatic heterocycles. The van der Waals surface area contributed by atoms with E-state index in [0.29, 0.717) is 22.5 Å². The summed E-state index contributed by atoms with van der Waals surface area (Å²) in [5.74, 6) is -0.439. The fourth-order valence-electron chi connectivity index (χ4n) is 3.16. The van der Waals surface area contributed by atoms with E-state index in [1.54, 1.807) is 46.9 Å². The van der Waals surface area contributed by atoms with Crippen LogP contribution in [0.4, 0.5) is 4.79 Å². The number of pyridine rings is 1. The number of amides is 1. The molecule has 2 rings (SSSR count). The van der Waals surface area contributed by atoms with Crippen molar-refractivity contribution in [2.45, 2.75) is 59.6 Å². The molecule has 0 bridgehead atoms. The van der Waals surface area contributed by atoms with Crippen molar-refractivity contribution in [3.8, 4) is 11.3 Å². The van der Waals surface area contributed by atoms with Crippen molar-refractivity contribution < 1.29 is 19.1 Å². The molecule has 0 unspecified atom stereocenters. The zero-order valence-electron chi connectivity index (χ0n) is 21.1. The molecule has 0 saturated carbocycles. The number of ether oxygens (including phenoxy) is 2. The van der Waals surface area contributed by atoms with Crippen molar-refractivity contribution in [3.05, 3.63) is 50.4 Å². The SMILES string of the molecule is Cc1c(-c2ccc(C[C@H](NC(=O)OC(C)(C)C)C(=O)OCC(C)C)cn2)c(=O)n(C)c(=O)n1C. The Morgan fingerprint density at radius 1 is 1.12 bits per heavy atom. The molecule has 2 aromatic rings. The van der Waals surface area contributed by atoms with Crippen LogP contribution in [0.1, 0.15) is 45.9 Å². The summed E-state index contributed by atoms with van der Waals surface area (Å²) in [5, 5.41) is 2.58. The van der Waals surface area contributed by atoms with E-state index >= 15 is 0 Å². The largest absolute Gasteiger partial charge is 0.464 e. The number of rotatable bonds is 7. The number of alkyl carbamates (subject to hydrolysis) is 1. The fourth-order valence-corrected chi connectivity index (χ4v) is 3.16. The van der Waals surface area contributed by atoms with Crippen molar-refractivity contribution >= 4 is 12.1 Å². The van der Waals surface area contributed by atoms with Crippen molar-refractivity contribution in [1.29, 1.82) is 0 Å². The Morgan fingerprint density at radius 2 is 1.76 bits per heavy atom. The highest BCUT2D eigenvalue weighted by Crippen LogP contribution is 2.17. The Morgan fingerprint density at radius 3 is 2.29 bits per heavy atom. The van der Waals surface area contributed by atoms with E-state index in [2.05, 4.69) is 10.3 Å². The molecule has 10 heteroatoms. The second-order valence-electron chi connectivity index (χ2n) is 9.64. The van der Waals surface area contributed by atoms with Gasteiger partial charge in [-0.3, -0.25) is 14.3 Å². The topological polar surface area (TPSA) is 122 Å². The van der Waals surface area contributed by atoms with Gasteiger partial charge in [-0.1, -0.05) is 19.9 Å². The molecule has 34 heavy (non-hydrogen) atoms. The second-order valence-corrected chi connectivity index (χ2v) is 9.64. The lowest BCUT2D eigenvalue weighted by Crippen LogP contribution is -2.45. The molecule has 0 aliphatic carbocycles. The minimum Gasteiger partial charge on any atom is -0.464 e. The first-order valence-corrected chi connectivity index (χ1v) is 11.1. The zero-order valence-corrected chi connectivity index (χ0v) is 21.1. The Balaban J connectivity index is 2.31. The predicted octanol–water partition coefficient (Wildman–Crippen LogP) is 2.09. The van der Waals surface area contributed by atoms with Gasteiger partial charge in [0, 0.05) is 32.4 Å².